The lowest BCUT2D eigenvalue weighted by atomic mass is 9.80. The van der Waals surface area contributed by atoms with Crippen molar-refractivity contribution in [3.05, 3.63) is 193 Å². The van der Waals surface area contributed by atoms with Gasteiger partial charge in [-0.05, 0) is 122 Å². The Labute approximate surface area is 310 Å². The maximum atomic E-state index is 2.49. The first-order chi connectivity index (χ1) is 26.1. The van der Waals surface area contributed by atoms with Gasteiger partial charge in [-0.15, -0.1) is 0 Å². The van der Waals surface area contributed by atoms with Crippen LogP contribution in [-0.4, -0.2) is 0 Å². The van der Waals surface area contributed by atoms with E-state index in [4.69, 9.17) is 0 Å². The molecule has 248 valence electrons. The van der Waals surface area contributed by atoms with Gasteiger partial charge >= 0.3 is 0 Å². The molecule has 10 aromatic carbocycles. The van der Waals surface area contributed by atoms with Gasteiger partial charge < -0.3 is 0 Å². The number of fused-ring (bicyclic) bond motifs is 5. The second-order valence-electron chi connectivity index (χ2n) is 15.2. The molecule has 1 aliphatic carbocycles. The fourth-order valence-corrected chi connectivity index (χ4v) is 9.50. The van der Waals surface area contributed by atoms with Crippen molar-refractivity contribution in [3.63, 3.8) is 0 Å². The molecule has 0 saturated heterocycles. The fraction of sp³-hybridized carbons (Fsp3) is 0.0566. The van der Waals surface area contributed by atoms with E-state index in [0.29, 0.717) is 0 Å². The molecule has 0 amide bonds. The average molecular weight is 673 g/mol. The molecule has 0 heteroatoms. The zero-order valence-corrected chi connectivity index (χ0v) is 29.8. The van der Waals surface area contributed by atoms with Crippen LogP contribution in [0.15, 0.2) is 182 Å². The second kappa shape index (κ2) is 11.2. The van der Waals surface area contributed by atoms with Crippen LogP contribution in [0.5, 0.6) is 0 Å². The molecule has 53 heavy (non-hydrogen) atoms. The smallest absolute Gasteiger partial charge is 0.0159 e. The molecular formula is C53H36. The normalized spacial score (nSPS) is 13.2. The lowest BCUT2D eigenvalue weighted by molar-refractivity contribution is 0.661. The largest absolute Gasteiger partial charge is 0.0622 e. The summed E-state index contributed by atoms with van der Waals surface area (Å²) < 4.78 is 0. The number of rotatable bonds is 4. The zero-order chi connectivity index (χ0) is 35.3. The van der Waals surface area contributed by atoms with E-state index in [1.54, 1.807) is 0 Å². The van der Waals surface area contributed by atoms with E-state index in [0.717, 1.165) is 0 Å². The molecule has 0 spiro atoms. The molecule has 0 unspecified atom stereocenters. The Balaban J connectivity index is 1.16. The first-order valence-electron chi connectivity index (χ1n) is 18.7. The van der Waals surface area contributed by atoms with Crippen molar-refractivity contribution in [2.24, 2.45) is 0 Å². The average Bonchev–Trinajstić information content (AvgIpc) is 3.45. The standard InChI is InChI=1S/C53H36/c1-53(2)48-20-12-11-19-45(48)52-42-18-10-9-17-39(42)47(32-49(52)53)37-25-28-41(46(31-37)34-15-7-4-8-16-34)40-27-22-36-23-29-43-38(33-13-5-3-6-14-33)26-21-35-24-30-44(40)51(36)50(35)43/h3-32H,1-2H3. The maximum Gasteiger partial charge on any atom is 0.0159 e. The van der Waals surface area contributed by atoms with Crippen LogP contribution < -0.4 is 0 Å². The van der Waals surface area contributed by atoms with Crippen LogP contribution in [0.3, 0.4) is 0 Å². The van der Waals surface area contributed by atoms with Crippen molar-refractivity contribution < 1.29 is 0 Å². The van der Waals surface area contributed by atoms with Crippen molar-refractivity contribution in [2.45, 2.75) is 19.3 Å². The Hall–Kier alpha value is -6.50. The summed E-state index contributed by atoms with van der Waals surface area (Å²) in [6, 6.07) is 67.9. The van der Waals surface area contributed by atoms with Gasteiger partial charge in [0.05, 0.1) is 0 Å². The van der Waals surface area contributed by atoms with Crippen LogP contribution in [0, 0.1) is 0 Å². The SMILES string of the molecule is CC1(C)c2ccccc2-c2c1cc(-c1ccc(-c3ccc4ccc5c(-c6ccccc6)ccc6ccc3c4c65)c(-c3ccccc3)c1)c1ccccc21. The van der Waals surface area contributed by atoms with Crippen molar-refractivity contribution in [1.82, 2.24) is 0 Å². The molecular weight excluding hydrogens is 637 g/mol. The quantitative estimate of drug-likeness (QED) is 0.163. The first-order valence-corrected chi connectivity index (χ1v) is 18.7. The summed E-state index contributed by atoms with van der Waals surface area (Å²) in [6.45, 7) is 4.76. The van der Waals surface area contributed by atoms with Gasteiger partial charge in [0, 0.05) is 5.41 Å². The number of benzene rings is 10. The van der Waals surface area contributed by atoms with Crippen molar-refractivity contribution in [1.29, 1.82) is 0 Å². The lowest BCUT2D eigenvalue weighted by Crippen LogP contribution is -2.15. The summed E-state index contributed by atoms with van der Waals surface area (Å²) in [5, 5.41) is 10.4. The molecule has 0 aromatic heterocycles. The van der Waals surface area contributed by atoms with E-state index in [2.05, 4.69) is 196 Å². The lowest BCUT2D eigenvalue weighted by Gasteiger charge is -2.23. The summed E-state index contributed by atoms with van der Waals surface area (Å²) in [5.74, 6) is 0. The summed E-state index contributed by atoms with van der Waals surface area (Å²) in [7, 11) is 0. The first kappa shape index (κ1) is 30.2. The van der Waals surface area contributed by atoms with E-state index in [9.17, 15) is 0 Å². The minimum absolute atomic E-state index is 0.0883. The van der Waals surface area contributed by atoms with Crippen LogP contribution in [0.2, 0.25) is 0 Å². The second-order valence-corrected chi connectivity index (χ2v) is 15.2. The van der Waals surface area contributed by atoms with Gasteiger partial charge in [0.15, 0.2) is 0 Å². The van der Waals surface area contributed by atoms with E-state index >= 15 is 0 Å². The van der Waals surface area contributed by atoms with Crippen LogP contribution in [0.4, 0.5) is 0 Å². The third kappa shape index (κ3) is 4.36. The zero-order valence-electron chi connectivity index (χ0n) is 29.8. The molecule has 10 aromatic rings. The molecule has 0 fully saturated rings. The van der Waals surface area contributed by atoms with Gasteiger partial charge in [-0.2, -0.15) is 0 Å². The summed E-state index contributed by atoms with van der Waals surface area (Å²) in [5.41, 5.74) is 15.5. The van der Waals surface area contributed by atoms with Crippen molar-refractivity contribution in [3.8, 4) is 55.6 Å². The molecule has 0 aliphatic heterocycles. The number of hydrogen-bond acceptors (Lipinski definition) is 0. The van der Waals surface area contributed by atoms with Gasteiger partial charge in [-0.3, -0.25) is 0 Å². The molecule has 11 rings (SSSR count). The Morgan fingerprint density at radius 3 is 1.57 bits per heavy atom. The van der Waals surface area contributed by atoms with Crippen molar-refractivity contribution in [2.75, 3.05) is 0 Å². The topological polar surface area (TPSA) is 0 Å². The molecule has 0 atom stereocenters. The molecule has 0 nitrogen and oxygen atoms in total. The molecule has 0 bridgehead atoms. The Morgan fingerprint density at radius 2 is 0.849 bits per heavy atom. The molecule has 0 N–H and O–H groups in total. The van der Waals surface area contributed by atoms with E-state index in [-0.39, 0.29) is 5.41 Å². The Morgan fingerprint density at radius 1 is 0.302 bits per heavy atom. The monoisotopic (exact) mass is 672 g/mol. The molecule has 0 heterocycles. The minimum Gasteiger partial charge on any atom is -0.0622 e. The highest BCUT2D eigenvalue weighted by atomic mass is 14.4. The predicted molar refractivity (Wildman–Crippen MR) is 227 cm³/mol. The van der Waals surface area contributed by atoms with Gasteiger partial charge in [-0.1, -0.05) is 184 Å². The highest BCUT2D eigenvalue weighted by Crippen LogP contribution is 2.53. The van der Waals surface area contributed by atoms with Gasteiger partial charge in [-0.25, -0.2) is 0 Å². The fourth-order valence-electron chi connectivity index (χ4n) is 9.50. The van der Waals surface area contributed by atoms with Crippen LogP contribution >= 0.6 is 0 Å². The minimum atomic E-state index is -0.0883. The van der Waals surface area contributed by atoms with Crippen molar-refractivity contribution >= 4 is 43.1 Å². The summed E-state index contributed by atoms with van der Waals surface area (Å²) in [6.07, 6.45) is 0. The van der Waals surface area contributed by atoms with E-state index in [1.165, 1.54) is 110 Å². The Kier molecular flexibility index (Phi) is 6.40. The summed E-state index contributed by atoms with van der Waals surface area (Å²) >= 11 is 0. The molecule has 0 saturated carbocycles. The third-order valence-corrected chi connectivity index (χ3v) is 12.0. The third-order valence-electron chi connectivity index (χ3n) is 12.0. The van der Waals surface area contributed by atoms with Crippen LogP contribution in [0.1, 0.15) is 25.0 Å². The molecule has 0 radical (unpaired) electrons. The van der Waals surface area contributed by atoms with E-state index in [1.807, 2.05) is 0 Å². The van der Waals surface area contributed by atoms with Gasteiger partial charge in [0.1, 0.15) is 0 Å². The van der Waals surface area contributed by atoms with Crippen LogP contribution in [-0.2, 0) is 5.41 Å². The molecule has 1 aliphatic rings. The highest BCUT2D eigenvalue weighted by Gasteiger charge is 2.37. The highest BCUT2D eigenvalue weighted by molar-refractivity contribution is 6.28. The maximum absolute atomic E-state index is 2.49. The van der Waals surface area contributed by atoms with E-state index < -0.39 is 0 Å². The predicted octanol–water partition coefficient (Wildman–Crippen LogP) is 14.7. The van der Waals surface area contributed by atoms with Gasteiger partial charge in [0.2, 0.25) is 0 Å². The summed E-state index contributed by atoms with van der Waals surface area (Å²) in [4.78, 5) is 0. The van der Waals surface area contributed by atoms with Crippen LogP contribution in [0.25, 0.3) is 98.7 Å². The Bertz CT molecular complexity index is 3060. The van der Waals surface area contributed by atoms with Gasteiger partial charge in [0.25, 0.3) is 0 Å². The number of hydrogen-bond donors (Lipinski definition) is 0.